The highest BCUT2D eigenvalue weighted by Gasteiger charge is 2.20. The fourth-order valence-corrected chi connectivity index (χ4v) is 2.39. The highest BCUT2D eigenvalue weighted by atomic mass is 35.5. The summed E-state index contributed by atoms with van der Waals surface area (Å²) in [6.07, 6.45) is 0.641. The van der Waals surface area contributed by atoms with Gasteiger partial charge in [0.25, 0.3) is 5.89 Å². The van der Waals surface area contributed by atoms with E-state index in [0.29, 0.717) is 29.6 Å². The van der Waals surface area contributed by atoms with Gasteiger partial charge in [0.05, 0.1) is 5.69 Å². The zero-order valence-electron chi connectivity index (χ0n) is 15.1. The Kier molecular flexibility index (Phi) is 6.44. The maximum Gasteiger partial charge on any atom is 0.297 e. The van der Waals surface area contributed by atoms with Gasteiger partial charge < -0.3 is 9.84 Å². The highest BCUT2D eigenvalue weighted by molar-refractivity contribution is 5.85. The van der Waals surface area contributed by atoms with Crippen LogP contribution in [0.25, 0.3) is 17.4 Å². The van der Waals surface area contributed by atoms with Crippen LogP contribution in [-0.4, -0.2) is 38.0 Å². The molecule has 0 aliphatic carbocycles. The van der Waals surface area contributed by atoms with E-state index in [9.17, 15) is 4.39 Å². The molecule has 1 unspecified atom stereocenters. The average Bonchev–Trinajstić information content (AvgIpc) is 3.21. The van der Waals surface area contributed by atoms with E-state index in [1.165, 1.54) is 12.1 Å². The van der Waals surface area contributed by atoms with Gasteiger partial charge in [0.2, 0.25) is 5.82 Å². The Balaban J connectivity index is 0.00000243. The predicted octanol–water partition coefficient (Wildman–Crippen LogP) is 3.15. The molecule has 0 aliphatic heterocycles. The molecule has 1 N–H and O–H groups in total. The van der Waals surface area contributed by atoms with E-state index in [2.05, 4.69) is 25.5 Å². The van der Waals surface area contributed by atoms with Crippen molar-refractivity contribution in [3.05, 3.63) is 41.7 Å². The minimum Gasteiger partial charge on any atom is -0.330 e. The predicted molar refractivity (Wildman–Crippen MR) is 98.2 cm³/mol. The molecular formula is C17H22ClFN6O. The molecule has 0 bridgehead atoms. The van der Waals surface area contributed by atoms with E-state index < -0.39 is 0 Å². The number of halogens is 2. The van der Waals surface area contributed by atoms with Gasteiger partial charge in [-0.05, 0) is 32.2 Å². The summed E-state index contributed by atoms with van der Waals surface area (Å²) in [6, 6.07) is 6.46. The van der Waals surface area contributed by atoms with Gasteiger partial charge in [0.15, 0.2) is 5.82 Å². The molecule has 0 saturated heterocycles. The Morgan fingerprint density at radius 1 is 1.23 bits per heavy atom. The molecule has 9 heteroatoms. The summed E-state index contributed by atoms with van der Waals surface area (Å²) >= 11 is 0. The molecule has 0 saturated carbocycles. The Morgan fingerprint density at radius 2 is 2.00 bits per heavy atom. The highest BCUT2D eigenvalue weighted by Crippen LogP contribution is 2.22. The zero-order valence-corrected chi connectivity index (χ0v) is 15.9. The first-order valence-electron chi connectivity index (χ1n) is 8.21. The SMILES string of the molecule is CNC(C)Cc1noc(-c2nc(C(C)C)n(-c3cccc(F)c3)n2)n1.Cl. The summed E-state index contributed by atoms with van der Waals surface area (Å²) in [7, 11) is 1.88. The minimum absolute atomic E-state index is 0. The van der Waals surface area contributed by atoms with E-state index in [1.807, 2.05) is 27.8 Å². The molecular weight excluding hydrogens is 359 g/mol. The molecule has 1 atom stereocenters. The molecule has 0 spiro atoms. The number of hydrogen-bond acceptors (Lipinski definition) is 6. The van der Waals surface area contributed by atoms with E-state index in [0.717, 1.165) is 0 Å². The van der Waals surface area contributed by atoms with E-state index >= 15 is 0 Å². The van der Waals surface area contributed by atoms with Crippen molar-refractivity contribution in [1.82, 2.24) is 30.2 Å². The third kappa shape index (κ3) is 4.25. The second kappa shape index (κ2) is 8.37. The van der Waals surface area contributed by atoms with Crippen LogP contribution in [0.15, 0.2) is 28.8 Å². The summed E-state index contributed by atoms with van der Waals surface area (Å²) in [6.45, 7) is 6.03. The maximum atomic E-state index is 13.6. The summed E-state index contributed by atoms with van der Waals surface area (Å²) in [5.74, 6) is 1.65. The topological polar surface area (TPSA) is 81.7 Å². The second-order valence-electron chi connectivity index (χ2n) is 6.25. The molecule has 7 nitrogen and oxygen atoms in total. The molecule has 2 heterocycles. The number of nitrogens with one attached hydrogen (secondary N) is 1. The molecule has 0 aliphatic rings. The van der Waals surface area contributed by atoms with Crippen LogP contribution in [0.4, 0.5) is 4.39 Å². The van der Waals surface area contributed by atoms with Gasteiger partial charge in [-0.2, -0.15) is 4.98 Å². The number of hydrogen-bond donors (Lipinski definition) is 1. The second-order valence-corrected chi connectivity index (χ2v) is 6.25. The van der Waals surface area contributed by atoms with Crippen LogP contribution >= 0.6 is 12.4 Å². The molecule has 2 aromatic heterocycles. The maximum absolute atomic E-state index is 13.6. The van der Waals surface area contributed by atoms with E-state index in [4.69, 9.17) is 4.52 Å². The van der Waals surface area contributed by atoms with Crippen molar-refractivity contribution in [3.8, 4) is 17.4 Å². The van der Waals surface area contributed by atoms with Gasteiger partial charge in [-0.1, -0.05) is 25.1 Å². The lowest BCUT2D eigenvalue weighted by atomic mass is 10.2. The van der Waals surface area contributed by atoms with Crippen LogP contribution in [0.3, 0.4) is 0 Å². The van der Waals surface area contributed by atoms with Crippen LogP contribution < -0.4 is 5.32 Å². The van der Waals surface area contributed by atoms with E-state index in [1.54, 1.807) is 16.8 Å². The largest absolute Gasteiger partial charge is 0.330 e. The lowest BCUT2D eigenvalue weighted by molar-refractivity contribution is 0.415. The van der Waals surface area contributed by atoms with Gasteiger partial charge in [-0.25, -0.2) is 14.1 Å². The molecule has 0 amide bonds. The van der Waals surface area contributed by atoms with Crippen LogP contribution in [0.5, 0.6) is 0 Å². The lowest BCUT2D eigenvalue weighted by Gasteiger charge is -2.07. The Labute approximate surface area is 157 Å². The monoisotopic (exact) mass is 380 g/mol. The normalized spacial score (nSPS) is 12.2. The van der Waals surface area contributed by atoms with Gasteiger partial charge in [0, 0.05) is 18.4 Å². The number of nitrogens with zero attached hydrogens (tertiary/aromatic N) is 5. The van der Waals surface area contributed by atoms with Crippen molar-refractivity contribution in [2.75, 3.05) is 7.05 Å². The summed E-state index contributed by atoms with van der Waals surface area (Å²) in [5.41, 5.74) is 0.603. The Hall–Kier alpha value is -2.32. The first kappa shape index (κ1) is 20.0. The molecule has 3 rings (SSSR count). The van der Waals surface area contributed by atoms with Gasteiger partial charge in [-0.15, -0.1) is 17.5 Å². The first-order valence-corrected chi connectivity index (χ1v) is 8.21. The number of rotatable bonds is 6. The van der Waals surface area contributed by atoms with Crippen molar-refractivity contribution in [3.63, 3.8) is 0 Å². The summed E-state index contributed by atoms with van der Waals surface area (Å²) in [5, 5.41) is 11.6. The molecule has 0 fully saturated rings. The van der Waals surface area contributed by atoms with Crippen molar-refractivity contribution < 1.29 is 8.91 Å². The minimum atomic E-state index is -0.328. The van der Waals surface area contributed by atoms with Crippen molar-refractivity contribution >= 4 is 12.4 Å². The smallest absolute Gasteiger partial charge is 0.297 e. The molecule has 26 heavy (non-hydrogen) atoms. The molecule has 3 aromatic rings. The quantitative estimate of drug-likeness (QED) is 0.707. The summed E-state index contributed by atoms with van der Waals surface area (Å²) in [4.78, 5) is 8.88. The van der Waals surface area contributed by atoms with E-state index in [-0.39, 0.29) is 36.1 Å². The van der Waals surface area contributed by atoms with Crippen LogP contribution in [-0.2, 0) is 6.42 Å². The number of likely N-dealkylation sites (N-methyl/N-ethyl adjacent to an activating group) is 1. The third-order valence-electron chi connectivity index (χ3n) is 3.84. The van der Waals surface area contributed by atoms with Crippen molar-refractivity contribution in [2.45, 2.75) is 39.2 Å². The summed E-state index contributed by atoms with van der Waals surface area (Å²) < 4.78 is 20.5. The molecule has 0 radical (unpaired) electrons. The van der Waals surface area contributed by atoms with Gasteiger partial charge >= 0.3 is 0 Å². The molecule has 1 aromatic carbocycles. The van der Waals surface area contributed by atoms with Gasteiger partial charge in [-0.3, -0.25) is 0 Å². The molecule has 140 valence electrons. The fraction of sp³-hybridized carbons (Fsp3) is 0.412. The lowest BCUT2D eigenvalue weighted by Crippen LogP contribution is -2.24. The Morgan fingerprint density at radius 3 is 2.65 bits per heavy atom. The van der Waals surface area contributed by atoms with Crippen molar-refractivity contribution in [1.29, 1.82) is 0 Å². The van der Waals surface area contributed by atoms with Crippen LogP contribution in [0.1, 0.15) is 38.3 Å². The van der Waals surface area contributed by atoms with Gasteiger partial charge in [0.1, 0.15) is 11.6 Å². The standard InChI is InChI=1S/C17H21FN6O.ClH/c1-10(2)16-21-15(17-20-14(23-25-17)8-11(3)19-4)22-24(16)13-7-5-6-12(18)9-13;/h5-7,9-11,19H,8H2,1-4H3;1H. The van der Waals surface area contributed by atoms with Crippen LogP contribution in [0.2, 0.25) is 0 Å². The fourth-order valence-electron chi connectivity index (χ4n) is 2.39. The average molecular weight is 381 g/mol. The number of benzene rings is 1. The van der Waals surface area contributed by atoms with Crippen LogP contribution in [0, 0.1) is 5.82 Å². The zero-order chi connectivity index (χ0) is 18.0. The van der Waals surface area contributed by atoms with Crippen molar-refractivity contribution in [2.24, 2.45) is 0 Å². The Bertz CT molecular complexity index is 863. The number of aromatic nitrogens is 5. The third-order valence-corrected chi connectivity index (χ3v) is 3.84. The first-order chi connectivity index (χ1) is 12.0.